The zero-order valence-corrected chi connectivity index (χ0v) is 20.8. The largest absolute Gasteiger partial charge is 0.493 e. The summed E-state index contributed by atoms with van der Waals surface area (Å²) >= 11 is 0. The summed E-state index contributed by atoms with van der Waals surface area (Å²) in [6.45, 7) is 9.00. The Morgan fingerprint density at radius 3 is 2.29 bits per heavy atom. The van der Waals surface area contributed by atoms with E-state index in [0.717, 1.165) is 38.0 Å². The first-order chi connectivity index (χ1) is 16.2. The van der Waals surface area contributed by atoms with Crippen molar-refractivity contribution in [2.75, 3.05) is 27.3 Å². The molecule has 0 saturated carbocycles. The molecule has 0 unspecified atom stereocenters. The third-order valence-corrected chi connectivity index (χ3v) is 7.21. The molecule has 1 atom stereocenters. The van der Waals surface area contributed by atoms with Gasteiger partial charge in [0.2, 0.25) is 0 Å². The lowest BCUT2D eigenvalue weighted by atomic mass is 9.78. The third kappa shape index (κ3) is 4.62. The van der Waals surface area contributed by atoms with E-state index in [2.05, 4.69) is 42.3 Å². The Bertz CT molecular complexity index is 1060. The number of nitrogens with zero attached hydrogens (tertiary/aromatic N) is 2. The minimum Gasteiger partial charge on any atom is -0.493 e. The van der Waals surface area contributed by atoms with Crippen molar-refractivity contribution in [3.63, 3.8) is 0 Å². The van der Waals surface area contributed by atoms with E-state index in [9.17, 15) is 9.59 Å². The number of likely N-dealkylation sites (tertiary alicyclic amines) is 1. The number of aryl methyl sites for hydroxylation is 2. The molecular formula is C27H35N3O4. The minimum atomic E-state index is -0.894. The van der Waals surface area contributed by atoms with Gasteiger partial charge in [0.15, 0.2) is 11.5 Å². The van der Waals surface area contributed by atoms with Crippen LogP contribution in [0.25, 0.3) is 0 Å². The standard InChI is InChI=1S/C27H35N3O4/c1-18-13-19(2)15-20(14-18)16-29-11-9-22(10-12-29)27(3)25(31)30(26(32)28-27)17-21-7-6-8-23(33-4)24(21)34-5/h6-8,13-15,22H,9-12,16-17H2,1-5H3,(H,28,32)/t27-/m0/s1. The highest BCUT2D eigenvalue weighted by atomic mass is 16.5. The second-order valence-corrected chi connectivity index (χ2v) is 9.72. The van der Waals surface area contributed by atoms with Crippen LogP contribution in [0, 0.1) is 19.8 Å². The number of nitrogens with one attached hydrogen (secondary N) is 1. The summed E-state index contributed by atoms with van der Waals surface area (Å²) in [4.78, 5) is 30.1. The highest BCUT2D eigenvalue weighted by molar-refractivity contribution is 6.07. The highest BCUT2D eigenvalue weighted by Gasteiger charge is 2.52. The first-order valence-electron chi connectivity index (χ1n) is 11.9. The molecule has 1 N–H and O–H groups in total. The SMILES string of the molecule is COc1cccc(CN2C(=O)N[C@@](C)(C3CCN(Cc4cc(C)cc(C)c4)CC3)C2=O)c1OC. The predicted octanol–water partition coefficient (Wildman–Crippen LogP) is 4.04. The normalized spacial score (nSPS) is 21.6. The number of piperidine rings is 1. The molecule has 2 aromatic rings. The molecule has 34 heavy (non-hydrogen) atoms. The number of imide groups is 1. The van der Waals surface area contributed by atoms with Crippen LogP contribution >= 0.6 is 0 Å². The monoisotopic (exact) mass is 465 g/mol. The predicted molar refractivity (Wildman–Crippen MR) is 131 cm³/mol. The van der Waals surface area contributed by atoms with Crippen molar-refractivity contribution in [3.8, 4) is 11.5 Å². The van der Waals surface area contributed by atoms with Crippen molar-refractivity contribution in [1.82, 2.24) is 15.1 Å². The van der Waals surface area contributed by atoms with Crippen molar-refractivity contribution in [2.24, 2.45) is 5.92 Å². The summed E-state index contributed by atoms with van der Waals surface area (Å²) in [6, 6.07) is 11.8. The Balaban J connectivity index is 1.42. The summed E-state index contributed by atoms with van der Waals surface area (Å²) in [6.07, 6.45) is 1.73. The molecule has 0 aliphatic carbocycles. The van der Waals surface area contributed by atoms with Gasteiger partial charge in [0.05, 0.1) is 20.8 Å². The third-order valence-electron chi connectivity index (χ3n) is 7.21. The van der Waals surface area contributed by atoms with Gasteiger partial charge < -0.3 is 14.8 Å². The van der Waals surface area contributed by atoms with E-state index in [0.29, 0.717) is 11.5 Å². The number of para-hydroxylation sites is 1. The molecule has 0 spiro atoms. The van der Waals surface area contributed by atoms with Crippen molar-refractivity contribution >= 4 is 11.9 Å². The van der Waals surface area contributed by atoms with Gasteiger partial charge in [-0.05, 0) is 64.3 Å². The van der Waals surface area contributed by atoms with Gasteiger partial charge in [-0.1, -0.05) is 41.5 Å². The Hall–Kier alpha value is -3.06. The number of carbonyl (C=O) groups is 2. The van der Waals surface area contributed by atoms with Crippen LogP contribution in [-0.2, 0) is 17.9 Å². The zero-order chi connectivity index (χ0) is 24.5. The van der Waals surface area contributed by atoms with Crippen molar-refractivity contribution < 1.29 is 19.1 Å². The Labute approximate surface area is 202 Å². The number of benzene rings is 2. The molecule has 2 fully saturated rings. The number of hydrogen-bond acceptors (Lipinski definition) is 5. The van der Waals surface area contributed by atoms with Crippen molar-refractivity contribution in [3.05, 3.63) is 58.7 Å². The van der Waals surface area contributed by atoms with E-state index in [1.165, 1.54) is 21.6 Å². The molecule has 2 heterocycles. The number of ether oxygens (including phenoxy) is 2. The molecule has 0 aromatic heterocycles. The number of rotatable bonds is 7. The van der Waals surface area contributed by atoms with Gasteiger partial charge in [-0.15, -0.1) is 0 Å². The lowest BCUT2D eigenvalue weighted by Crippen LogP contribution is -2.53. The summed E-state index contributed by atoms with van der Waals surface area (Å²) in [7, 11) is 3.13. The second-order valence-electron chi connectivity index (χ2n) is 9.72. The van der Waals surface area contributed by atoms with Crippen LogP contribution in [-0.4, -0.2) is 54.6 Å². The summed E-state index contributed by atoms with van der Waals surface area (Å²) in [5.41, 5.74) is 3.73. The molecule has 7 heteroatoms. The molecule has 0 radical (unpaired) electrons. The van der Waals surface area contributed by atoms with Crippen LogP contribution in [0.1, 0.15) is 42.0 Å². The van der Waals surface area contributed by atoms with E-state index in [4.69, 9.17) is 9.47 Å². The first kappa shape index (κ1) is 24.1. The lowest BCUT2D eigenvalue weighted by molar-refractivity contribution is -0.133. The van der Waals surface area contributed by atoms with Gasteiger partial charge in [0, 0.05) is 12.1 Å². The first-order valence-corrected chi connectivity index (χ1v) is 11.9. The number of urea groups is 1. The molecule has 182 valence electrons. The number of amides is 3. The molecule has 2 aliphatic rings. The van der Waals surface area contributed by atoms with Crippen LogP contribution in [0.3, 0.4) is 0 Å². The van der Waals surface area contributed by atoms with Crippen LogP contribution in [0.4, 0.5) is 4.79 Å². The van der Waals surface area contributed by atoms with Gasteiger partial charge in [0.1, 0.15) is 5.54 Å². The van der Waals surface area contributed by atoms with Gasteiger partial charge >= 0.3 is 6.03 Å². The van der Waals surface area contributed by atoms with E-state index >= 15 is 0 Å². The van der Waals surface area contributed by atoms with E-state index in [1.807, 2.05) is 19.1 Å². The fourth-order valence-corrected chi connectivity index (χ4v) is 5.47. The smallest absolute Gasteiger partial charge is 0.325 e. The fraction of sp³-hybridized carbons (Fsp3) is 0.481. The topological polar surface area (TPSA) is 71.1 Å². The quantitative estimate of drug-likeness (QED) is 0.625. The Kier molecular flexibility index (Phi) is 6.84. The zero-order valence-electron chi connectivity index (χ0n) is 20.8. The summed E-state index contributed by atoms with van der Waals surface area (Å²) in [5.74, 6) is 1.04. The van der Waals surface area contributed by atoms with Crippen molar-refractivity contribution in [2.45, 2.75) is 52.2 Å². The van der Waals surface area contributed by atoms with E-state index in [1.54, 1.807) is 20.3 Å². The van der Waals surface area contributed by atoms with Crippen LogP contribution in [0.15, 0.2) is 36.4 Å². The summed E-state index contributed by atoms with van der Waals surface area (Å²) < 4.78 is 10.9. The Morgan fingerprint density at radius 1 is 1.00 bits per heavy atom. The molecular weight excluding hydrogens is 430 g/mol. The molecule has 2 saturated heterocycles. The van der Waals surface area contributed by atoms with Gasteiger partial charge in [0.25, 0.3) is 5.91 Å². The average Bonchev–Trinajstić information content (AvgIpc) is 3.02. The van der Waals surface area contributed by atoms with Gasteiger partial charge in [-0.25, -0.2) is 4.79 Å². The molecule has 3 amide bonds. The minimum absolute atomic E-state index is 0.0941. The molecule has 0 bridgehead atoms. The number of methoxy groups -OCH3 is 2. The summed E-state index contributed by atoms with van der Waals surface area (Å²) in [5, 5.41) is 3.01. The maximum absolute atomic E-state index is 13.5. The van der Waals surface area contributed by atoms with Crippen LogP contribution < -0.4 is 14.8 Å². The average molecular weight is 466 g/mol. The molecule has 2 aromatic carbocycles. The number of hydrogen-bond donors (Lipinski definition) is 1. The Morgan fingerprint density at radius 2 is 1.68 bits per heavy atom. The fourth-order valence-electron chi connectivity index (χ4n) is 5.47. The van der Waals surface area contributed by atoms with Gasteiger partial charge in [-0.2, -0.15) is 0 Å². The van der Waals surface area contributed by atoms with Gasteiger partial charge in [-0.3, -0.25) is 14.6 Å². The molecule has 7 nitrogen and oxygen atoms in total. The maximum atomic E-state index is 13.5. The van der Waals surface area contributed by atoms with E-state index in [-0.39, 0.29) is 24.4 Å². The lowest BCUT2D eigenvalue weighted by Gasteiger charge is -2.39. The van der Waals surface area contributed by atoms with E-state index < -0.39 is 5.54 Å². The van der Waals surface area contributed by atoms with Crippen LogP contribution in [0.2, 0.25) is 0 Å². The second kappa shape index (κ2) is 9.66. The highest BCUT2D eigenvalue weighted by Crippen LogP contribution is 2.36. The number of carbonyl (C=O) groups excluding carboxylic acids is 2. The molecule has 4 rings (SSSR count). The van der Waals surface area contributed by atoms with Crippen molar-refractivity contribution in [1.29, 1.82) is 0 Å². The molecule has 2 aliphatic heterocycles. The van der Waals surface area contributed by atoms with Crippen LogP contribution in [0.5, 0.6) is 11.5 Å². The maximum Gasteiger partial charge on any atom is 0.325 e.